The molecule has 1 aliphatic rings. The quantitative estimate of drug-likeness (QED) is 0.623. The number of carbonyl (C=O) groups excluding carboxylic acids is 1. The first-order valence-corrected chi connectivity index (χ1v) is 8.71. The second-order valence-corrected chi connectivity index (χ2v) is 6.15. The summed E-state index contributed by atoms with van der Waals surface area (Å²) in [4.78, 5) is 24.4. The van der Waals surface area contributed by atoms with Crippen LogP contribution in [0.1, 0.15) is 42.1 Å². The van der Waals surface area contributed by atoms with Crippen LogP contribution in [0.4, 0.5) is 0 Å². The van der Waals surface area contributed by atoms with Crippen LogP contribution in [0.15, 0.2) is 21.3 Å². The molecule has 1 saturated heterocycles. The molecule has 26 heavy (non-hydrogen) atoms. The van der Waals surface area contributed by atoms with Crippen molar-refractivity contribution in [1.29, 1.82) is 0 Å². The van der Waals surface area contributed by atoms with E-state index >= 15 is 0 Å². The highest BCUT2D eigenvalue weighted by molar-refractivity contribution is 6.04. The van der Waals surface area contributed by atoms with Crippen LogP contribution in [0.25, 0.3) is 11.0 Å². The second kappa shape index (κ2) is 7.88. The Kier molecular flexibility index (Phi) is 5.58. The highest BCUT2D eigenvalue weighted by Gasteiger charge is 2.23. The van der Waals surface area contributed by atoms with Crippen LogP contribution < -0.4 is 10.4 Å². The maximum absolute atomic E-state index is 12.2. The molecule has 0 spiro atoms. The van der Waals surface area contributed by atoms with E-state index in [2.05, 4.69) is 0 Å². The third-order valence-electron chi connectivity index (χ3n) is 4.36. The van der Waals surface area contributed by atoms with Crippen molar-refractivity contribution in [2.75, 3.05) is 19.8 Å². The van der Waals surface area contributed by atoms with Crippen LogP contribution in [-0.2, 0) is 9.47 Å². The number of benzene rings is 1. The summed E-state index contributed by atoms with van der Waals surface area (Å²) in [6.45, 7) is 4.15. The number of hydrogen-bond acceptors (Lipinski definition) is 7. The third kappa shape index (κ3) is 3.59. The SMILES string of the molecule is CCOCC(=O)c1c(O)c2ccc(OC3CCCCO3)c(C)c2oc1=O. The summed E-state index contributed by atoms with van der Waals surface area (Å²) in [5.74, 6) is -0.501. The van der Waals surface area contributed by atoms with Crippen LogP contribution in [0, 0.1) is 6.92 Å². The molecule has 1 aliphatic heterocycles. The molecule has 0 saturated carbocycles. The average Bonchev–Trinajstić information content (AvgIpc) is 2.63. The lowest BCUT2D eigenvalue weighted by atomic mass is 10.1. The molecule has 0 aliphatic carbocycles. The predicted molar refractivity (Wildman–Crippen MR) is 93.9 cm³/mol. The zero-order valence-corrected chi connectivity index (χ0v) is 14.9. The molecule has 1 N–H and O–H groups in total. The van der Waals surface area contributed by atoms with Crippen molar-refractivity contribution in [2.24, 2.45) is 0 Å². The number of aryl methyl sites for hydroxylation is 1. The van der Waals surface area contributed by atoms with Gasteiger partial charge in [-0.05, 0) is 38.8 Å². The molecule has 1 aromatic carbocycles. The summed E-state index contributed by atoms with van der Waals surface area (Å²) < 4.78 is 21.8. The molecule has 0 radical (unpaired) electrons. The fraction of sp³-hybridized carbons (Fsp3) is 0.474. The fourth-order valence-corrected chi connectivity index (χ4v) is 2.95. The molecule has 140 valence electrons. The molecule has 0 amide bonds. The minimum Gasteiger partial charge on any atom is -0.506 e. The Morgan fingerprint density at radius 3 is 2.85 bits per heavy atom. The number of fused-ring (bicyclic) bond motifs is 1. The van der Waals surface area contributed by atoms with Crippen molar-refractivity contribution < 1.29 is 28.5 Å². The van der Waals surface area contributed by atoms with E-state index in [1.807, 2.05) is 0 Å². The van der Waals surface area contributed by atoms with Crippen molar-refractivity contribution in [3.8, 4) is 11.5 Å². The maximum atomic E-state index is 12.2. The van der Waals surface area contributed by atoms with Gasteiger partial charge in [0.2, 0.25) is 0 Å². The normalized spacial score (nSPS) is 17.4. The molecule has 1 unspecified atom stereocenters. The van der Waals surface area contributed by atoms with Crippen LogP contribution in [-0.4, -0.2) is 37.0 Å². The van der Waals surface area contributed by atoms with Gasteiger partial charge in [-0.3, -0.25) is 4.79 Å². The lowest BCUT2D eigenvalue weighted by molar-refractivity contribution is -0.106. The lowest BCUT2D eigenvalue weighted by Gasteiger charge is -2.24. The Balaban J connectivity index is 1.98. The van der Waals surface area contributed by atoms with Crippen molar-refractivity contribution in [3.63, 3.8) is 0 Å². The first-order valence-electron chi connectivity index (χ1n) is 8.71. The van der Waals surface area contributed by atoms with E-state index in [9.17, 15) is 14.7 Å². The number of hydrogen-bond donors (Lipinski definition) is 1. The topological polar surface area (TPSA) is 95.2 Å². The van der Waals surface area contributed by atoms with Gasteiger partial charge in [0.05, 0.1) is 12.0 Å². The number of ketones is 1. The van der Waals surface area contributed by atoms with Gasteiger partial charge in [0.1, 0.15) is 29.3 Å². The van der Waals surface area contributed by atoms with Gasteiger partial charge in [-0.15, -0.1) is 0 Å². The minimum atomic E-state index is -0.895. The predicted octanol–water partition coefficient (Wildman–Crippen LogP) is 2.93. The Labute approximate surface area is 150 Å². The van der Waals surface area contributed by atoms with Crippen LogP contribution in [0.2, 0.25) is 0 Å². The van der Waals surface area contributed by atoms with Crippen LogP contribution in [0.3, 0.4) is 0 Å². The van der Waals surface area contributed by atoms with E-state index in [-0.39, 0.29) is 23.9 Å². The number of carbonyl (C=O) groups is 1. The zero-order chi connectivity index (χ0) is 18.7. The molecule has 1 atom stereocenters. The van der Waals surface area contributed by atoms with E-state index < -0.39 is 22.7 Å². The smallest absolute Gasteiger partial charge is 0.351 e. The monoisotopic (exact) mass is 362 g/mol. The summed E-state index contributed by atoms with van der Waals surface area (Å²) in [7, 11) is 0. The highest BCUT2D eigenvalue weighted by Crippen LogP contribution is 2.34. The molecule has 2 heterocycles. The Morgan fingerprint density at radius 2 is 2.15 bits per heavy atom. The molecule has 7 heteroatoms. The van der Waals surface area contributed by atoms with E-state index in [0.29, 0.717) is 24.5 Å². The molecule has 2 aromatic rings. The molecule has 0 bridgehead atoms. The van der Waals surface area contributed by atoms with Crippen molar-refractivity contribution in [1.82, 2.24) is 0 Å². The summed E-state index contributed by atoms with van der Waals surface area (Å²) in [6.07, 6.45) is 2.49. The van der Waals surface area contributed by atoms with Gasteiger partial charge in [0.15, 0.2) is 12.1 Å². The van der Waals surface area contributed by atoms with Gasteiger partial charge in [-0.25, -0.2) is 4.79 Å². The van der Waals surface area contributed by atoms with E-state index in [4.69, 9.17) is 18.6 Å². The van der Waals surface area contributed by atoms with E-state index in [1.54, 1.807) is 26.0 Å². The number of aromatic hydroxyl groups is 1. The fourth-order valence-electron chi connectivity index (χ4n) is 2.95. The first kappa shape index (κ1) is 18.4. The van der Waals surface area contributed by atoms with Crippen molar-refractivity contribution >= 4 is 16.8 Å². The Morgan fingerprint density at radius 1 is 1.35 bits per heavy atom. The average molecular weight is 362 g/mol. The molecule has 7 nitrogen and oxygen atoms in total. The summed E-state index contributed by atoms with van der Waals surface area (Å²) in [5, 5.41) is 10.7. The van der Waals surface area contributed by atoms with Gasteiger partial charge < -0.3 is 23.7 Å². The van der Waals surface area contributed by atoms with Crippen molar-refractivity contribution in [2.45, 2.75) is 39.4 Å². The summed E-state index contributed by atoms with van der Waals surface area (Å²) in [6, 6.07) is 3.24. The number of ether oxygens (including phenoxy) is 3. The van der Waals surface area contributed by atoms with E-state index in [1.165, 1.54) is 0 Å². The highest BCUT2D eigenvalue weighted by atomic mass is 16.7. The van der Waals surface area contributed by atoms with Crippen LogP contribution >= 0.6 is 0 Å². The van der Waals surface area contributed by atoms with Gasteiger partial charge in [0.25, 0.3) is 0 Å². The van der Waals surface area contributed by atoms with Crippen LogP contribution in [0.5, 0.6) is 11.5 Å². The summed E-state index contributed by atoms with van der Waals surface area (Å²) >= 11 is 0. The molecular formula is C19H22O7. The lowest BCUT2D eigenvalue weighted by Crippen LogP contribution is -2.25. The van der Waals surface area contributed by atoms with E-state index in [0.717, 1.165) is 19.3 Å². The number of rotatable bonds is 6. The van der Waals surface area contributed by atoms with Gasteiger partial charge >= 0.3 is 5.63 Å². The van der Waals surface area contributed by atoms with Crippen molar-refractivity contribution in [3.05, 3.63) is 33.7 Å². The Hall–Kier alpha value is -2.38. The maximum Gasteiger partial charge on any atom is 0.351 e. The largest absolute Gasteiger partial charge is 0.506 e. The summed E-state index contributed by atoms with van der Waals surface area (Å²) in [5.41, 5.74) is -0.537. The van der Waals surface area contributed by atoms with Gasteiger partial charge in [0, 0.05) is 18.6 Å². The minimum absolute atomic E-state index is 0.189. The standard InChI is InChI=1S/C19H22O7/c1-3-23-10-13(20)16-17(21)12-7-8-14(11(2)18(12)26-19(16)22)25-15-6-4-5-9-24-15/h7-8,15,21H,3-6,9-10H2,1-2H3. The molecule has 1 fully saturated rings. The zero-order valence-electron chi connectivity index (χ0n) is 14.9. The molecule has 1 aromatic heterocycles. The van der Waals surface area contributed by atoms with Gasteiger partial charge in [-0.2, -0.15) is 0 Å². The first-order chi connectivity index (χ1) is 12.5. The molecular weight excluding hydrogens is 340 g/mol. The third-order valence-corrected chi connectivity index (χ3v) is 4.36. The number of Topliss-reactive ketones (excluding diaryl/α,β-unsaturated/α-hetero) is 1. The van der Waals surface area contributed by atoms with Gasteiger partial charge in [-0.1, -0.05) is 0 Å². The second-order valence-electron chi connectivity index (χ2n) is 6.15. The molecule has 3 rings (SSSR count). The Bertz CT molecular complexity index is 862.